The lowest BCUT2D eigenvalue weighted by atomic mass is 9.51. The molecular formula is C15H28O2. The quantitative estimate of drug-likeness (QED) is 0.740. The summed E-state index contributed by atoms with van der Waals surface area (Å²) in [5, 5.41) is 21.3. The molecule has 0 spiro atoms. The van der Waals surface area contributed by atoms with E-state index in [1.54, 1.807) is 0 Å². The van der Waals surface area contributed by atoms with Crippen molar-refractivity contribution in [1.29, 1.82) is 0 Å². The van der Waals surface area contributed by atoms with Crippen molar-refractivity contribution in [2.45, 2.75) is 71.5 Å². The van der Waals surface area contributed by atoms with Gasteiger partial charge in [-0.1, -0.05) is 27.2 Å². The van der Waals surface area contributed by atoms with Crippen LogP contribution in [0.1, 0.15) is 59.8 Å². The molecule has 0 aromatic carbocycles. The molecule has 0 heterocycles. The Kier molecular flexibility index (Phi) is 3.33. The van der Waals surface area contributed by atoms with E-state index >= 15 is 0 Å². The topological polar surface area (TPSA) is 40.5 Å². The van der Waals surface area contributed by atoms with E-state index in [1.165, 1.54) is 0 Å². The van der Waals surface area contributed by atoms with Crippen LogP contribution in [-0.4, -0.2) is 21.9 Å². The van der Waals surface area contributed by atoms with Crippen LogP contribution >= 0.6 is 0 Å². The molecular weight excluding hydrogens is 212 g/mol. The molecule has 2 rings (SSSR count). The lowest BCUT2D eigenvalue weighted by Crippen LogP contribution is -2.58. The number of aliphatic hydroxyl groups is 2. The zero-order valence-corrected chi connectivity index (χ0v) is 11.7. The molecule has 2 aliphatic rings. The summed E-state index contributed by atoms with van der Waals surface area (Å²) in [6, 6.07) is 0. The van der Waals surface area contributed by atoms with Crippen molar-refractivity contribution < 1.29 is 10.2 Å². The summed E-state index contributed by atoms with van der Waals surface area (Å²) in [5.74, 6) is 0.926. The summed E-state index contributed by atoms with van der Waals surface area (Å²) in [6.45, 7) is 8.58. The van der Waals surface area contributed by atoms with Gasteiger partial charge >= 0.3 is 0 Å². The highest BCUT2D eigenvalue weighted by Crippen LogP contribution is 2.56. The SMILES string of the molecule is CC(C)[C@H]1CC[C@@]2(C)CCC[C@@](C)(O)[C@@H]2[C@H]1O. The van der Waals surface area contributed by atoms with Gasteiger partial charge in [0.2, 0.25) is 0 Å². The van der Waals surface area contributed by atoms with Gasteiger partial charge in [0.15, 0.2) is 0 Å². The summed E-state index contributed by atoms with van der Waals surface area (Å²) in [5.41, 5.74) is -0.535. The van der Waals surface area contributed by atoms with Gasteiger partial charge in [-0.05, 0) is 49.9 Å². The van der Waals surface area contributed by atoms with Gasteiger partial charge in [-0.25, -0.2) is 0 Å². The smallest absolute Gasteiger partial charge is 0.0677 e. The maximum atomic E-state index is 10.7. The van der Waals surface area contributed by atoms with Gasteiger partial charge in [0.25, 0.3) is 0 Å². The van der Waals surface area contributed by atoms with Crippen molar-refractivity contribution in [3.8, 4) is 0 Å². The molecule has 2 aliphatic carbocycles. The fourth-order valence-corrected chi connectivity index (χ4v) is 4.61. The molecule has 2 nitrogen and oxygen atoms in total. The molecule has 0 unspecified atom stereocenters. The second kappa shape index (κ2) is 4.24. The Bertz CT molecular complexity index is 285. The number of hydrogen-bond donors (Lipinski definition) is 2. The summed E-state index contributed by atoms with van der Waals surface area (Å²) in [6.07, 6.45) is 5.04. The highest BCUT2D eigenvalue weighted by atomic mass is 16.3. The van der Waals surface area contributed by atoms with Crippen LogP contribution in [0.4, 0.5) is 0 Å². The number of hydrogen-bond acceptors (Lipinski definition) is 2. The Morgan fingerprint density at radius 3 is 2.35 bits per heavy atom. The van der Waals surface area contributed by atoms with Crippen LogP contribution in [-0.2, 0) is 0 Å². The standard InChI is InChI=1S/C15H28O2/c1-10(2)11-6-9-14(3)7-5-8-15(4,17)13(14)12(11)16/h10-13,16-17H,5-9H2,1-4H3/t11-,12+,13-,14-,15-/m1/s1. The van der Waals surface area contributed by atoms with E-state index in [0.717, 1.165) is 32.1 Å². The molecule has 0 radical (unpaired) electrons. The van der Waals surface area contributed by atoms with Crippen molar-refractivity contribution >= 4 is 0 Å². The lowest BCUT2D eigenvalue weighted by Gasteiger charge is -2.57. The van der Waals surface area contributed by atoms with E-state index in [9.17, 15) is 10.2 Å². The third-order valence-corrected chi connectivity index (χ3v) is 5.54. The van der Waals surface area contributed by atoms with Crippen LogP contribution in [0.2, 0.25) is 0 Å². The van der Waals surface area contributed by atoms with E-state index in [-0.39, 0.29) is 17.4 Å². The predicted molar refractivity (Wildman–Crippen MR) is 69.6 cm³/mol. The fraction of sp³-hybridized carbons (Fsp3) is 1.00. The number of aliphatic hydroxyl groups excluding tert-OH is 1. The average molecular weight is 240 g/mol. The molecule has 0 bridgehead atoms. The first kappa shape index (κ1) is 13.4. The Morgan fingerprint density at radius 2 is 1.76 bits per heavy atom. The van der Waals surface area contributed by atoms with Crippen LogP contribution in [0, 0.1) is 23.2 Å². The summed E-state index contributed by atoms with van der Waals surface area (Å²) < 4.78 is 0. The monoisotopic (exact) mass is 240 g/mol. The molecule has 2 fully saturated rings. The Balaban J connectivity index is 2.29. The second-order valence-electron chi connectivity index (χ2n) is 7.28. The fourth-order valence-electron chi connectivity index (χ4n) is 4.61. The first-order valence-electron chi connectivity index (χ1n) is 7.18. The van der Waals surface area contributed by atoms with Crippen LogP contribution in [0.15, 0.2) is 0 Å². The van der Waals surface area contributed by atoms with Gasteiger partial charge in [0.1, 0.15) is 0 Å². The third-order valence-electron chi connectivity index (χ3n) is 5.54. The maximum absolute atomic E-state index is 10.7. The van der Waals surface area contributed by atoms with Gasteiger partial charge in [-0.2, -0.15) is 0 Å². The molecule has 0 aromatic rings. The number of fused-ring (bicyclic) bond motifs is 1. The molecule has 100 valence electrons. The molecule has 17 heavy (non-hydrogen) atoms. The first-order chi connectivity index (χ1) is 7.78. The molecule has 2 heteroatoms. The lowest BCUT2D eigenvalue weighted by molar-refractivity contribution is -0.184. The van der Waals surface area contributed by atoms with Gasteiger partial charge in [0, 0.05) is 5.92 Å². The highest BCUT2D eigenvalue weighted by molar-refractivity contribution is 5.05. The van der Waals surface area contributed by atoms with Gasteiger partial charge in [0.05, 0.1) is 11.7 Å². The van der Waals surface area contributed by atoms with Crippen molar-refractivity contribution in [2.75, 3.05) is 0 Å². The molecule has 5 atom stereocenters. The Labute approximate surface area is 105 Å². The molecule has 0 aromatic heterocycles. The second-order valence-corrected chi connectivity index (χ2v) is 7.28. The van der Waals surface area contributed by atoms with Crippen LogP contribution in [0.25, 0.3) is 0 Å². The van der Waals surface area contributed by atoms with Crippen molar-refractivity contribution in [3.63, 3.8) is 0 Å². The highest BCUT2D eigenvalue weighted by Gasteiger charge is 2.55. The molecule has 2 saturated carbocycles. The van der Waals surface area contributed by atoms with Crippen molar-refractivity contribution in [3.05, 3.63) is 0 Å². The summed E-state index contributed by atoms with van der Waals surface area (Å²) >= 11 is 0. The largest absolute Gasteiger partial charge is 0.392 e. The molecule has 0 saturated heterocycles. The van der Waals surface area contributed by atoms with E-state index in [0.29, 0.717) is 11.8 Å². The first-order valence-corrected chi connectivity index (χ1v) is 7.18. The van der Waals surface area contributed by atoms with Crippen molar-refractivity contribution in [1.82, 2.24) is 0 Å². The zero-order valence-electron chi connectivity index (χ0n) is 11.7. The molecule has 0 amide bonds. The van der Waals surface area contributed by atoms with Gasteiger partial charge in [-0.3, -0.25) is 0 Å². The van der Waals surface area contributed by atoms with Crippen LogP contribution in [0.5, 0.6) is 0 Å². The minimum absolute atomic E-state index is 0.0601. The summed E-state index contributed by atoms with van der Waals surface area (Å²) in [7, 11) is 0. The predicted octanol–water partition coefficient (Wildman–Crippen LogP) is 2.97. The van der Waals surface area contributed by atoms with Gasteiger partial charge in [-0.15, -0.1) is 0 Å². The van der Waals surface area contributed by atoms with E-state index in [4.69, 9.17) is 0 Å². The van der Waals surface area contributed by atoms with Crippen molar-refractivity contribution in [2.24, 2.45) is 23.2 Å². The zero-order chi connectivity index (χ0) is 12.8. The van der Waals surface area contributed by atoms with Gasteiger partial charge < -0.3 is 10.2 Å². The van der Waals surface area contributed by atoms with E-state index in [2.05, 4.69) is 20.8 Å². The number of rotatable bonds is 1. The average Bonchev–Trinajstić information content (AvgIpc) is 2.14. The van der Waals surface area contributed by atoms with E-state index < -0.39 is 5.60 Å². The van der Waals surface area contributed by atoms with E-state index in [1.807, 2.05) is 6.92 Å². The Hall–Kier alpha value is -0.0800. The summed E-state index contributed by atoms with van der Waals surface area (Å²) in [4.78, 5) is 0. The minimum Gasteiger partial charge on any atom is -0.392 e. The molecule has 0 aliphatic heterocycles. The minimum atomic E-state index is -0.681. The van der Waals surface area contributed by atoms with Crippen LogP contribution < -0.4 is 0 Å². The molecule has 2 N–H and O–H groups in total. The van der Waals surface area contributed by atoms with Crippen LogP contribution in [0.3, 0.4) is 0 Å². The third kappa shape index (κ3) is 2.15. The maximum Gasteiger partial charge on any atom is 0.0677 e. The Morgan fingerprint density at radius 1 is 1.12 bits per heavy atom. The normalized spacial score (nSPS) is 51.4.